The molecule has 0 radical (unpaired) electrons. The first-order valence-electron chi connectivity index (χ1n) is 7.63. The molecule has 0 saturated heterocycles. The highest BCUT2D eigenvalue weighted by Gasteiger charge is 2.12. The van der Waals surface area contributed by atoms with E-state index in [-0.39, 0.29) is 0 Å². The summed E-state index contributed by atoms with van der Waals surface area (Å²) >= 11 is 0. The zero-order valence-electron chi connectivity index (χ0n) is 13.3. The van der Waals surface area contributed by atoms with Crippen LogP contribution in [0.3, 0.4) is 0 Å². The van der Waals surface area contributed by atoms with E-state index < -0.39 is 0 Å². The average Bonchev–Trinajstić information content (AvgIpc) is 2.57. The Labute approximate surface area is 136 Å². The van der Waals surface area contributed by atoms with Gasteiger partial charge in [0, 0.05) is 17.9 Å². The quantitative estimate of drug-likeness (QED) is 0.769. The lowest BCUT2D eigenvalue weighted by atomic mass is 10.3. The van der Waals surface area contributed by atoms with Gasteiger partial charge in [-0.15, -0.1) is 0 Å². The lowest BCUT2D eigenvalue weighted by Crippen LogP contribution is -2.20. The molecule has 5 heteroatoms. The minimum Gasteiger partial charge on any atom is -0.324 e. The predicted octanol–water partition coefficient (Wildman–Crippen LogP) is 4.08. The van der Waals surface area contributed by atoms with Gasteiger partial charge in [0.2, 0.25) is 11.9 Å². The summed E-state index contributed by atoms with van der Waals surface area (Å²) in [6.07, 6.45) is 0. The van der Waals surface area contributed by atoms with Gasteiger partial charge in [0.1, 0.15) is 5.82 Å². The molecule has 3 rings (SSSR count). The van der Waals surface area contributed by atoms with Gasteiger partial charge in [-0.2, -0.15) is 15.0 Å². The van der Waals surface area contributed by atoms with Crippen LogP contribution in [0.25, 0.3) is 0 Å². The van der Waals surface area contributed by atoms with Crippen LogP contribution in [0.2, 0.25) is 0 Å². The summed E-state index contributed by atoms with van der Waals surface area (Å²) in [4.78, 5) is 15.5. The van der Waals surface area contributed by atoms with E-state index in [1.165, 1.54) is 0 Å². The van der Waals surface area contributed by atoms with Crippen LogP contribution in [0.15, 0.2) is 60.7 Å². The summed E-state index contributed by atoms with van der Waals surface area (Å²) in [5.74, 6) is 1.88. The molecule has 116 valence electrons. The second-order valence-electron chi connectivity index (χ2n) is 5.08. The van der Waals surface area contributed by atoms with Crippen LogP contribution in [0, 0.1) is 6.92 Å². The van der Waals surface area contributed by atoms with Crippen molar-refractivity contribution in [3.05, 3.63) is 66.5 Å². The molecule has 0 aliphatic heterocycles. The average molecular weight is 305 g/mol. The number of hydrogen-bond acceptors (Lipinski definition) is 5. The van der Waals surface area contributed by atoms with Crippen molar-refractivity contribution in [2.45, 2.75) is 13.8 Å². The van der Waals surface area contributed by atoms with Crippen LogP contribution < -0.4 is 10.2 Å². The molecule has 0 spiro atoms. The number of rotatable bonds is 5. The van der Waals surface area contributed by atoms with Gasteiger partial charge in [-0.3, -0.25) is 0 Å². The number of hydrogen-bond donors (Lipinski definition) is 1. The van der Waals surface area contributed by atoms with Gasteiger partial charge in [-0.1, -0.05) is 36.4 Å². The summed E-state index contributed by atoms with van der Waals surface area (Å²) in [5, 5.41) is 3.23. The van der Waals surface area contributed by atoms with Gasteiger partial charge in [0.05, 0.1) is 0 Å². The highest BCUT2D eigenvalue weighted by Crippen LogP contribution is 2.23. The Bertz CT molecular complexity index is 759. The number of aromatic nitrogens is 3. The summed E-state index contributed by atoms with van der Waals surface area (Å²) in [5.41, 5.74) is 2.01. The maximum atomic E-state index is 4.57. The molecule has 1 heterocycles. The molecule has 0 fully saturated rings. The molecule has 1 aromatic heterocycles. The van der Waals surface area contributed by atoms with Crippen molar-refractivity contribution in [2.75, 3.05) is 16.8 Å². The highest BCUT2D eigenvalue weighted by molar-refractivity contribution is 5.59. The molecule has 0 unspecified atom stereocenters. The van der Waals surface area contributed by atoms with Gasteiger partial charge in [-0.25, -0.2) is 0 Å². The second kappa shape index (κ2) is 6.87. The number of para-hydroxylation sites is 2. The van der Waals surface area contributed by atoms with Crippen molar-refractivity contribution in [3.63, 3.8) is 0 Å². The standard InChI is InChI=1S/C18H19N5/c1-3-23(16-12-8-5-9-13-16)18-20-14(2)19-17(22-18)21-15-10-6-4-7-11-15/h4-13H,3H2,1-2H3,(H,19,20,21,22). The molecule has 0 amide bonds. The maximum Gasteiger partial charge on any atom is 0.234 e. The van der Waals surface area contributed by atoms with Crippen molar-refractivity contribution < 1.29 is 0 Å². The van der Waals surface area contributed by atoms with Crippen molar-refractivity contribution in [2.24, 2.45) is 0 Å². The van der Waals surface area contributed by atoms with E-state index in [0.717, 1.165) is 17.9 Å². The van der Waals surface area contributed by atoms with E-state index in [1.54, 1.807) is 0 Å². The topological polar surface area (TPSA) is 53.9 Å². The fourth-order valence-electron chi connectivity index (χ4n) is 2.34. The Hall–Kier alpha value is -2.95. The minimum atomic E-state index is 0.549. The highest BCUT2D eigenvalue weighted by atomic mass is 15.3. The fraction of sp³-hybridized carbons (Fsp3) is 0.167. The lowest BCUT2D eigenvalue weighted by Gasteiger charge is -2.21. The first kappa shape index (κ1) is 15.0. The first-order chi connectivity index (χ1) is 11.3. The Balaban J connectivity index is 1.93. The summed E-state index contributed by atoms with van der Waals surface area (Å²) in [6.45, 7) is 4.73. The third kappa shape index (κ3) is 3.63. The monoisotopic (exact) mass is 305 g/mol. The number of aryl methyl sites for hydroxylation is 1. The predicted molar refractivity (Wildman–Crippen MR) is 93.4 cm³/mol. The van der Waals surface area contributed by atoms with E-state index in [1.807, 2.05) is 67.6 Å². The van der Waals surface area contributed by atoms with Crippen LogP contribution in [-0.4, -0.2) is 21.5 Å². The third-order valence-corrected chi connectivity index (χ3v) is 3.39. The molecular weight excluding hydrogens is 286 g/mol. The minimum absolute atomic E-state index is 0.549. The Morgan fingerprint density at radius 3 is 2.17 bits per heavy atom. The van der Waals surface area contributed by atoms with E-state index >= 15 is 0 Å². The second-order valence-corrected chi connectivity index (χ2v) is 5.08. The largest absolute Gasteiger partial charge is 0.324 e. The van der Waals surface area contributed by atoms with Crippen LogP contribution in [0.5, 0.6) is 0 Å². The van der Waals surface area contributed by atoms with Crippen molar-refractivity contribution in [1.82, 2.24) is 15.0 Å². The lowest BCUT2D eigenvalue weighted by molar-refractivity contribution is 0.899. The van der Waals surface area contributed by atoms with Gasteiger partial charge >= 0.3 is 0 Å². The van der Waals surface area contributed by atoms with Gasteiger partial charge in [-0.05, 0) is 38.1 Å². The molecule has 3 aromatic rings. The van der Waals surface area contributed by atoms with Crippen molar-refractivity contribution >= 4 is 23.3 Å². The molecule has 2 aromatic carbocycles. The zero-order valence-corrected chi connectivity index (χ0v) is 13.3. The Kier molecular flexibility index (Phi) is 4.47. The zero-order chi connectivity index (χ0) is 16.1. The molecule has 0 aliphatic carbocycles. The van der Waals surface area contributed by atoms with Crippen molar-refractivity contribution in [1.29, 1.82) is 0 Å². The summed E-state index contributed by atoms with van der Waals surface area (Å²) < 4.78 is 0. The number of benzene rings is 2. The van der Waals surface area contributed by atoms with E-state index in [9.17, 15) is 0 Å². The third-order valence-electron chi connectivity index (χ3n) is 3.39. The van der Waals surface area contributed by atoms with E-state index in [4.69, 9.17) is 0 Å². The Morgan fingerprint density at radius 1 is 0.870 bits per heavy atom. The number of nitrogens with one attached hydrogen (secondary N) is 1. The number of anilines is 4. The molecule has 0 atom stereocenters. The smallest absolute Gasteiger partial charge is 0.234 e. The first-order valence-corrected chi connectivity index (χ1v) is 7.63. The van der Waals surface area contributed by atoms with Crippen molar-refractivity contribution in [3.8, 4) is 0 Å². The van der Waals surface area contributed by atoms with Crippen LogP contribution in [0.1, 0.15) is 12.7 Å². The van der Waals surface area contributed by atoms with Crippen LogP contribution in [0.4, 0.5) is 23.3 Å². The van der Waals surface area contributed by atoms with Gasteiger partial charge in [0.25, 0.3) is 0 Å². The van der Waals surface area contributed by atoms with Crippen LogP contribution >= 0.6 is 0 Å². The van der Waals surface area contributed by atoms with E-state index in [2.05, 4.69) is 32.1 Å². The van der Waals surface area contributed by atoms with Gasteiger partial charge < -0.3 is 10.2 Å². The molecule has 1 N–H and O–H groups in total. The van der Waals surface area contributed by atoms with E-state index in [0.29, 0.717) is 17.7 Å². The Morgan fingerprint density at radius 2 is 1.52 bits per heavy atom. The molecule has 23 heavy (non-hydrogen) atoms. The number of nitrogens with zero attached hydrogens (tertiary/aromatic N) is 4. The SMILES string of the molecule is CCN(c1ccccc1)c1nc(C)nc(Nc2ccccc2)n1. The molecular formula is C18H19N5. The summed E-state index contributed by atoms with van der Waals surface area (Å²) in [6, 6.07) is 20.0. The molecule has 5 nitrogen and oxygen atoms in total. The molecule has 0 aliphatic rings. The van der Waals surface area contributed by atoms with Crippen LogP contribution in [-0.2, 0) is 0 Å². The summed E-state index contributed by atoms with van der Waals surface area (Å²) in [7, 11) is 0. The van der Waals surface area contributed by atoms with Gasteiger partial charge in [0.15, 0.2) is 0 Å². The maximum absolute atomic E-state index is 4.57. The molecule has 0 saturated carbocycles. The normalized spacial score (nSPS) is 10.3. The fourth-order valence-corrected chi connectivity index (χ4v) is 2.34. The molecule has 0 bridgehead atoms.